The number of carbonyl (C=O) groups excluding carboxylic acids is 1. The summed E-state index contributed by atoms with van der Waals surface area (Å²) in [6, 6.07) is 12.0. The molecule has 1 heterocycles. The third-order valence-corrected chi connectivity index (χ3v) is 8.47. The first-order chi connectivity index (χ1) is 14.5. The van der Waals surface area contributed by atoms with Gasteiger partial charge in [-0.15, -0.1) is 0 Å². The molecule has 2 aliphatic rings. The number of aromatic amines is 1. The number of rotatable bonds is 3. The quantitative estimate of drug-likeness (QED) is 0.335. The molecule has 3 aromatic rings. The first-order valence-electron chi connectivity index (χ1n) is 10.3. The second-order valence-corrected chi connectivity index (χ2v) is 10.9. The van der Waals surface area contributed by atoms with E-state index in [1.165, 1.54) is 12.1 Å². The Bertz CT molecular complexity index is 1370. The summed E-state index contributed by atoms with van der Waals surface area (Å²) in [6.45, 7) is 6.53. The number of aromatic nitrogens is 2. The van der Waals surface area contributed by atoms with E-state index in [0.717, 1.165) is 29.5 Å². The van der Waals surface area contributed by atoms with Crippen LogP contribution in [0.2, 0.25) is 0 Å². The van der Waals surface area contributed by atoms with Crippen molar-refractivity contribution in [2.75, 3.05) is 0 Å². The van der Waals surface area contributed by atoms with Crippen LogP contribution in [0.3, 0.4) is 0 Å². The minimum atomic E-state index is -4.28. The predicted octanol–water partition coefficient (Wildman–Crippen LogP) is 4.24. The first-order valence-corrected chi connectivity index (χ1v) is 11.8. The van der Waals surface area contributed by atoms with E-state index in [1.807, 2.05) is 30.3 Å². The number of fused-ring (bicyclic) bond motifs is 3. The minimum absolute atomic E-state index is 0. The molecule has 2 aromatic carbocycles. The Morgan fingerprint density at radius 1 is 1.12 bits per heavy atom. The van der Waals surface area contributed by atoms with Crippen LogP contribution in [0.15, 0.2) is 52.9 Å². The van der Waals surface area contributed by atoms with Gasteiger partial charge in [-0.1, -0.05) is 45.0 Å². The molecule has 2 saturated carbocycles. The number of imidazole rings is 1. The number of hydrogen-bond acceptors (Lipinski definition) is 4. The summed E-state index contributed by atoms with van der Waals surface area (Å²) in [7, 11) is -4.28. The molecule has 8 heteroatoms. The standard InChI is InChI=1S/C24H24N2O4S.K.H/c1-23(2)18-10-11-24(23,3)21(27)17(18)12-14-4-6-15(7-5-14)22-25-19-9-8-16(31(28,29)30)13-20(19)26-22;;/h4-9,12-13,18H,10-11H2,1-3H3,(H,25,26)(H,28,29,30);;/b17-12-;;. The zero-order chi connectivity index (χ0) is 22.2. The van der Waals surface area contributed by atoms with Gasteiger partial charge in [0.1, 0.15) is 5.82 Å². The van der Waals surface area contributed by atoms with E-state index >= 15 is 0 Å². The molecule has 2 unspecified atom stereocenters. The second-order valence-electron chi connectivity index (χ2n) is 9.44. The van der Waals surface area contributed by atoms with Crippen molar-refractivity contribution in [2.24, 2.45) is 16.7 Å². The monoisotopic (exact) mass is 476 g/mol. The van der Waals surface area contributed by atoms with Crippen LogP contribution in [0.4, 0.5) is 0 Å². The zero-order valence-electron chi connectivity index (χ0n) is 17.6. The molecule has 6 nitrogen and oxygen atoms in total. The Balaban J connectivity index is 0.00000245. The molecule has 0 spiro atoms. The van der Waals surface area contributed by atoms with E-state index in [4.69, 9.17) is 0 Å². The second kappa shape index (κ2) is 7.97. The van der Waals surface area contributed by atoms with Crippen LogP contribution < -0.4 is 0 Å². The van der Waals surface area contributed by atoms with Crippen molar-refractivity contribution in [1.29, 1.82) is 0 Å². The molecule has 2 atom stereocenters. The van der Waals surface area contributed by atoms with Crippen LogP contribution in [0.25, 0.3) is 28.5 Å². The number of benzene rings is 2. The summed E-state index contributed by atoms with van der Waals surface area (Å²) in [5.74, 6) is 1.19. The van der Waals surface area contributed by atoms with Crippen molar-refractivity contribution in [3.8, 4) is 11.4 Å². The summed E-state index contributed by atoms with van der Waals surface area (Å²) >= 11 is 0. The summed E-state index contributed by atoms with van der Waals surface area (Å²) in [6.07, 6.45) is 4.05. The number of nitrogens with one attached hydrogen (secondary N) is 1. The molecule has 162 valence electrons. The van der Waals surface area contributed by atoms with Crippen LogP contribution in [-0.2, 0) is 14.9 Å². The maximum absolute atomic E-state index is 13.1. The van der Waals surface area contributed by atoms with E-state index in [1.54, 1.807) is 6.07 Å². The third kappa shape index (κ3) is 3.60. The van der Waals surface area contributed by atoms with Gasteiger partial charge >= 0.3 is 51.4 Å². The van der Waals surface area contributed by atoms with Gasteiger partial charge in [0, 0.05) is 11.0 Å². The van der Waals surface area contributed by atoms with E-state index in [9.17, 15) is 17.8 Å². The number of Topliss-reactive ketones (excluding diaryl/α,β-unsaturated/α-hetero) is 1. The molecular formula is C24H25KN2O4S. The Morgan fingerprint density at radius 2 is 1.81 bits per heavy atom. The van der Waals surface area contributed by atoms with Gasteiger partial charge in [0.2, 0.25) is 0 Å². The number of ketones is 1. The summed E-state index contributed by atoms with van der Waals surface area (Å²) in [4.78, 5) is 20.5. The molecule has 0 amide bonds. The molecule has 0 radical (unpaired) electrons. The average Bonchev–Trinajstić information content (AvgIpc) is 3.27. The van der Waals surface area contributed by atoms with Gasteiger partial charge in [0.25, 0.3) is 10.1 Å². The average molecular weight is 477 g/mol. The van der Waals surface area contributed by atoms with E-state index in [0.29, 0.717) is 22.8 Å². The van der Waals surface area contributed by atoms with Crippen LogP contribution in [0, 0.1) is 16.7 Å². The van der Waals surface area contributed by atoms with Crippen LogP contribution in [0.1, 0.15) is 39.2 Å². The van der Waals surface area contributed by atoms with Crippen molar-refractivity contribution in [3.63, 3.8) is 0 Å². The van der Waals surface area contributed by atoms with Gasteiger partial charge in [-0.2, -0.15) is 8.42 Å². The molecule has 2 bridgehead atoms. The van der Waals surface area contributed by atoms with Crippen LogP contribution in [-0.4, -0.2) is 80.1 Å². The number of hydrogen-bond donors (Lipinski definition) is 2. The zero-order valence-corrected chi connectivity index (χ0v) is 18.5. The van der Waals surface area contributed by atoms with Gasteiger partial charge in [-0.25, -0.2) is 4.98 Å². The first kappa shape index (κ1) is 24.0. The molecule has 2 aliphatic carbocycles. The SMILES string of the molecule is CC12CCC(/C(=C/c3ccc(-c4nc5cc(S(=O)(=O)O)ccc5[nH]4)cc3)C1=O)C2(C)C.[KH]. The fourth-order valence-corrected chi connectivity index (χ4v) is 5.79. The Morgan fingerprint density at radius 3 is 2.41 bits per heavy atom. The Hall–Kier alpha value is -1.13. The summed E-state index contributed by atoms with van der Waals surface area (Å²) < 4.78 is 31.9. The predicted molar refractivity (Wildman–Crippen MR) is 126 cm³/mol. The van der Waals surface area contributed by atoms with E-state index < -0.39 is 10.1 Å². The third-order valence-electron chi connectivity index (χ3n) is 7.62. The molecule has 0 aliphatic heterocycles. The molecule has 1 aromatic heterocycles. The van der Waals surface area contributed by atoms with Crippen molar-refractivity contribution < 1.29 is 17.8 Å². The van der Waals surface area contributed by atoms with Gasteiger partial charge in [-0.05, 0) is 59.6 Å². The Labute approximate surface area is 230 Å². The van der Waals surface area contributed by atoms with Gasteiger partial charge < -0.3 is 4.98 Å². The Kier molecular flexibility index (Phi) is 5.98. The van der Waals surface area contributed by atoms with Gasteiger partial charge in [-0.3, -0.25) is 9.35 Å². The molecule has 5 rings (SSSR count). The number of nitrogens with zero attached hydrogens (tertiary/aromatic N) is 1. The summed E-state index contributed by atoms with van der Waals surface area (Å²) in [5.41, 5.74) is 3.62. The van der Waals surface area contributed by atoms with E-state index in [2.05, 4.69) is 30.7 Å². The fraction of sp³-hybridized carbons (Fsp3) is 0.333. The van der Waals surface area contributed by atoms with Gasteiger partial charge in [0.05, 0.1) is 15.9 Å². The normalized spacial score (nSPS) is 25.4. The molecule has 0 saturated heterocycles. The topological polar surface area (TPSA) is 100 Å². The molecular weight excluding hydrogens is 451 g/mol. The maximum atomic E-state index is 13.1. The van der Waals surface area contributed by atoms with Crippen LogP contribution >= 0.6 is 0 Å². The number of carbonyl (C=O) groups is 1. The molecule has 2 fully saturated rings. The number of allylic oxidation sites excluding steroid dienone is 1. The molecule has 2 N–H and O–H groups in total. The van der Waals surface area contributed by atoms with Crippen molar-refractivity contribution in [1.82, 2.24) is 9.97 Å². The van der Waals surface area contributed by atoms with Crippen LogP contribution in [0.5, 0.6) is 0 Å². The van der Waals surface area contributed by atoms with Crippen molar-refractivity contribution >= 4 is 84.4 Å². The van der Waals surface area contributed by atoms with Crippen molar-refractivity contribution in [3.05, 3.63) is 53.6 Å². The van der Waals surface area contributed by atoms with E-state index in [-0.39, 0.29) is 72.9 Å². The molecule has 32 heavy (non-hydrogen) atoms. The summed E-state index contributed by atoms with van der Waals surface area (Å²) in [5, 5.41) is 0. The van der Waals surface area contributed by atoms with Crippen molar-refractivity contribution in [2.45, 2.75) is 38.5 Å². The fourth-order valence-electron chi connectivity index (χ4n) is 5.29. The van der Waals surface area contributed by atoms with Gasteiger partial charge in [0.15, 0.2) is 5.78 Å². The number of H-pyrrole nitrogens is 1.